The van der Waals surface area contributed by atoms with Crippen molar-refractivity contribution in [1.29, 1.82) is 0 Å². The van der Waals surface area contributed by atoms with Gasteiger partial charge in [0.05, 0.1) is 19.1 Å². The molecule has 0 saturated carbocycles. The third kappa shape index (κ3) is 7.71. The third-order valence-corrected chi connectivity index (χ3v) is 6.73. The first-order valence-corrected chi connectivity index (χ1v) is 13.5. The number of nitrogens with one attached hydrogen (secondary N) is 1. The summed E-state index contributed by atoms with van der Waals surface area (Å²) in [5.74, 6) is -0.122. The van der Waals surface area contributed by atoms with Crippen molar-refractivity contribution in [2.45, 2.75) is 59.7 Å². The molecule has 35 heavy (non-hydrogen) atoms. The molecule has 0 saturated heterocycles. The zero-order valence-electron chi connectivity index (χ0n) is 21.7. The van der Waals surface area contributed by atoms with Crippen LogP contribution in [0, 0.1) is 13.8 Å². The molecule has 1 atom stereocenters. The van der Waals surface area contributed by atoms with Gasteiger partial charge < -0.3 is 15.0 Å². The molecular weight excluding hydrogens is 466 g/mol. The summed E-state index contributed by atoms with van der Waals surface area (Å²) in [6.45, 7) is 8.97. The largest absolute Gasteiger partial charge is 0.497 e. The van der Waals surface area contributed by atoms with Crippen LogP contribution < -0.4 is 14.4 Å². The fourth-order valence-corrected chi connectivity index (χ4v) is 4.85. The van der Waals surface area contributed by atoms with E-state index in [9.17, 15) is 18.0 Å². The molecule has 0 aliphatic carbocycles. The van der Waals surface area contributed by atoms with E-state index < -0.39 is 28.5 Å². The molecule has 0 aliphatic rings. The van der Waals surface area contributed by atoms with Gasteiger partial charge in [0, 0.05) is 12.6 Å². The summed E-state index contributed by atoms with van der Waals surface area (Å²) in [5, 5.41) is 2.88. The zero-order valence-corrected chi connectivity index (χ0v) is 22.5. The Morgan fingerprint density at radius 3 is 2.31 bits per heavy atom. The molecule has 2 aromatic rings. The van der Waals surface area contributed by atoms with Gasteiger partial charge in [0.2, 0.25) is 21.8 Å². The van der Waals surface area contributed by atoms with E-state index >= 15 is 0 Å². The number of ether oxygens (including phenoxy) is 1. The Morgan fingerprint density at radius 2 is 1.77 bits per heavy atom. The highest BCUT2D eigenvalue weighted by Crippen LogP contribution is 2.25. The van der Waals surface area contributed by atoms with E-state index in [1.165, 1.54) is 4.90 Å². The smallest absolute Gasteiger partial charge is 0.244 e. The molecule has 0 fully saturated rings. The monoisotopic (exact) mass is 503 g/mol. The summed E-state index contributed by atoms with van der Waals surface area (Å²) in [5.41, 5.74) is 2.94. The first-order chi connectivity index (χ1) is 16.4. The number of nitrogens with zero attached hydrogens (tertiary/aromatic N) is 2. The first kappa shape index (κ1) is 28.2. The van der Waals surface area contributed by atoms with E-state index in [4.69, 9.17) is 4.74 Å². The summed E-state index contributed by atoms with van der Waals surface area (Å²) in [6, 6.07) is 11.8. The maximum Gasteiger partial charge on any atom is 0.244 e. The van der Waals surface area contributed by atoms with Gasteiger partial charge in [0.1, 0.15) is 18.3 Å². The Morgan fingerprint density at radius 1 is 1.09 bits per heavy atom. The van der Waals surface area contributed by atoms with E-state index in [-0.39, 0.29) is 18.5 Å². The summed E-state index contributed by atoms with van der Waals surface area (Å²) < 4.78 is 31.9. The SMILES string of the molecule is CC[C@@H](C(=O)NC(C)C)N(Cc1cccc(OC)c1)C(=O)CN(c1ccc(C)cc1C)S(C)(=O)=O. The molecule has 0 radical (unpaired) electrons. The van der Waals surface area contributed by atoms with Crippen LogP contribution in [0.2, 0.25) is 0 Å². The maximum absolute atomic E-state index is 13.7. The molecule has 8 nitrogen and oxygen atoms in total. The van der Waals surface area contributed by atoms with E-state index in [1.54, 1.807) is 25.3 Å². The molecular formula is C26H37N3O5S. The van der Waals surface area contributed by atoms with Crippen molar-refractivity contribution in [1.82, 2.24) is 10.2 Å². The number of hydrogen-bond acceptors (Lipinski definition) is 5. The van der Waals surface area contributed by atoms with Crippen LogP contribution in [0.4, 0.5) is 5.69 Å². The molecule has 2 aromatic carbocycles. The predicted octanol–water partition coefficient (Wildman–Crippen LogP) is 3.41. The number of aryl methyl sites for hydroxylation is 2. The number of rotatable bonds is 11. The van der Waals surface area contributed by atoms with Crippen molar-refractivity contribution < 1.29 is 22.7 Å². The van der Waals surface area contributed by atoms with Gasteiger partial charge in [-0.1, -0.05) is 36.8 Å². The van der Waals surface area contributed by atoms with Gasteiger partial charge in [-0.15, -0.1) is 0 Å². The number of methoxy groups -OCH3 is 1. The maximum atomic E-state index is 13.7. The summed E-state index contributed by atoms with van der Waals surface area (Å²) in [7, 11) is -2.22. The molecule has 192 valence electrons. The van der Waals surface area contributed by atoms with Crippen LogP contribution in [0.3, 0.4) is 0 Å². The summed E-state index contributed by atoms with van der Waals surface area (Å²) in [6.07, 6.45) is 1.45. The molecule has 1 N–H and O–H groups in total. The molecule has 0 aromatic heterocycles. The number of benzene rings is 2. The van der Waals surface area contributed by atoms with Crippen molar-refractivity contribution in [3.63, 3.8) is 0 Å². The van der Waals surface area contributed by atoms with Crippen LogP contribution in [0.5, 0.6) is 5.75 Å². The second-order valence-corrected chi connectivity index (χ2v) is 10.9. The summed E-state index contributed by atoms with van der Waals surface area (Å²) >= 11 is 0. The fraction of sp³-hybridized carbons (Fsp3) is 0.462. The van der Waals surface area contributed by atoms with Gasteiger partial charge >= 0.3 is 0 Å². The standard InChI is InChI=1S/C26H37N3O5S/c1-8-23(26(31)27-18(2)3)28(16-21-10-9-11-22(15-21)34-6)25(30)17-29(35(7,32)33)24-13-12-19(4)14-20(24)5/h9-15,18,23H,8,16-17H2,1-7H3,(H,27,31)/t23-/m0/s1. The molecule has 0 spiro atoms. The topological polar surface area (TPSA) is 96.0 Å². The average molecular weight is 504 g/mol. The minimum atomic E-state index is -3.77. The average Bonchev–Trinajstić information content (AvgIpc) is 2.76. The van der Waals surface area contributed by atoms with Crippen molar-refractivity contribution in [2.75, 3.05) is 24.2 Å². The highest BCUT2D eigenvalue weighted by Gasteiger charge is 2.32. The van der Waals surface area contributed by atoms with Crippen molar-refractivity contribution in [3.05, 3.63) is 59.2 Å². The molecule has 9 heteroatoms. The van der Waals surface area contributed by atoms with E-state index in [1.807, 2.05) is 58.9 Å². The summed E-state index contributed by atoms with van der Waals surface area (Å²) in [4.78, 5) is 28.2. The number of hydrogen-bond donors (Lipinski definition) is 1. The van der Waals surface area contributed by atoms with Gasteiger partial charge in [0.25, 0.3) is 0 Å². The number of sulfonamides is 1. The Labute approximate surface area is 209 Å². The lowest BCUT2D eigenvalue weighted by Crippen LogP contribution is -2.53. The van der Waals surface area contributed by atoms with Gasteiger partial charge in [-0.2, -0.15) is 0 Å². The molecule has 0 heterocycles. The fourth-order valence-electron chi connectivity index (χ4n) is 3.95. The van der Waals surface area contributed by atoms with Gasteiger partial charge in [0.15, 0.2) is 0 Å². The predicted molar refractivity (Wildman–Crippen MR) is 139 cm³/mol. The highest BCUT2D eigenvalue weighted by molar-refractivity contribution is 7.92. The lowest BCUT2D eigenvalue weighted by Gasteiger charge is -2.33. The lowest BCUT2D eigenvalue weighted by atomic mass is 10.1. The third-order valence-electron chi connectivity index (χ3n) is 5.60. The Kier molecular flexibility index (Phi) is 9.71. The van der Waals surface area contributed by atoms with Gasteiger partial charge in [-0.25, -0.2) is 8.42 Å². The number of carbonyl (C=O) groups is 2. The number of carbonyl (C=O) groups excluding carboxylic acids is 2. The van der Waals surface area contributed by atoms with Crippen LogP contribution in [0.15, 0.2) is 42.5 Å². The minimum Gasteiger partial charge on any atom is -0.497 e. The molecule has 0 bridgehead atoms. The normalized spacial score (nSPS) is 12.2. The number of amides is 2. The van der Waals surface area contributed by atoms with Crippen molar-refractivity contribution in [3.8, 4) is 5.75 Å². The van der Waals surface area contributed by atoms with Crippen LogP contribution in [0.1, 0.15) is 43.9 Å². The molecule has 2 rings (SSSR count). The first-order valence-electron chi connectivity index (χ1n) is 11.6. The second kappa shape index (κ2) is 12.1. The Bertz CT molecular complexity index is 1150. The van der Waals surface area contributed by atoms with Crippen LogP contribution in [-0.2, 0) is 26.2 Å². The molecule has 0 aliphatic heterocycles. The van der Waals surface area contributed by atoms with E-state index in [0.717, 1.165) is 27.3 Å². The van der Waals surface area contributed by atoms with Gasteiger partial charge in [-0.05, 0) is 63.4 Å². The molecule has 2 amide bonds. The Balaban J connectivity index is 2.49. The van der Waals surface area contributed by atoms with Crippen molar-refractivity contribution in [2.24, 2.45) is 0 Å². The lowest BCUT2D eigenvalue weighted by molar-refractivity contribution is -0.140. The molecule has 0 unspecified atom stereocenters. The van der Waals surface area contributed by atoms with Crippen LogP contribution in [0.25, 0.3) is 0 Å². The minimum absolute atomic E-state index is 0.104. The Hall–Kier alpha value is -3.07. The van der Waals surface area contributed by atoms with Gasteiger partial charge in [-0.3, -0.25) is 13.9 Å². The highest BCUT2D eigenvalue weighted by atomic mass is 32.2. The van der Waals surface area contributed by atoms with E-state index in [2.05, 4.69) is 5.32 Å². The number of anilines is 1. The van der Waals surface area contributed by atoms with Crippen LogP contribution >= 0.6 is 0 Å². The quantitative estimate of drug-likeness (QED) is 0.507. The zero-order chi connectivity index (χ0) is 26.3. The second-order valence-electron chi connectivity index (χ2n) is 9.02. The van der Waals surface area contributed by atoms with E-state index in [0.29, 0.717) is 17.9 Å². The van der Waals surface area contributed by atoms with Crippen molar-refractivity contribution >= 4 is 27.5 Å². The van der Waals surface area contributed by atoms with Crippen LogP contribution in [-0.4, -0.2) is 57.1 Å².